The minimum absolute atomic E-state index is 0.264. The minimum Gasteiger partial charge on any atom is -0.493 e. The van der Waals surface area contributed by atoms with Gasteiger partial charge in [0.1, 0.15) is 0 Å². The maximum absolute atomic E-state index is 11.4. The number of hydrogen-bond acceptors (Lipinski definition) is 4. The van der Waals surface area contributed by atoms with Crippen molar-refractivity contribution in [2.45, 2.75) is 38.6 Å². The summed E-state index contributed by atoms with van der Waals surface area (Å²) in [5.74, 6) is 0.832. The highest BCUT2D eigenvalue weighted by atomic mass is 32.1. The van der Waals surface area contributed by atoms with Gasteiger partial charge in [0, 0.05) is 17.2 Å². The Morgan fingerprint density at radius 3 is 2.62 bits per heavy atom. The second kappa shape index (κ2) is 8.73. The van der Waals surface area contributed by atoms with Crippen molar-refractivity contribution in [3.63, 3.8) is 0 Å². The molecule has 0 radical (unpaired) electrons. The standard InChI is InChI=1S/C29H27N3OS/c1-19-9-5-8-14-26(19)32-28(33)27(34-29(32)30-21-10-3-2-4-11-21)18-20-15-16-25-23(17-20)22-12-6-7-13-24(22)31-25/h2-4,6-7,10-13,15-19,26,33H,5,8-9,14H2,1H3/t19-,26+/m1/s1. The van der Waals surface area contributed by atoms with Gasteiger partial charge >= 0.3 is 0 Å². The van der Waals surface area contributed by atoms with E-state index < -0.39 is 0 Å². The molecule has 1 aromatic heterocycles. The van der Waals surface area contributed by atoms with Crippen molar-refractivity contribution >= 4 is 28.8 Å². The smallest absolute Gasteiger partial charge is 0.211 e. The number of benzene rings is 3. The molecule has 1 aliphatic heterocycles. The number of aromatic nitrogens is 1. The fourth-order valence-electron chi connectivity index (χ4n) is 5.20. The first-order chi connectivity index (χ1) is 16.7. The fraction of sp³-hybridized carbons (Fsp3) is 0.241. The van der Waals surface area contributed by atoms with Crippen LogP contribution >= 0.6 is 11.3 Å². The van der Waals surface area contributed by atoms with Crippen LogP contribution in [0.15, 0.2) is 82.8 Å². The van der Waals surface area contributed by atoms with Crippen molar-refractivity contribution < 1.29 is 5.11 Å². The van der Waals surface area contributed by atoms with E-state index in [1.807, 2.05) is 36.4 Å². The zero-order valence-corrected chi connectivity index (χ0v) is 20.0. The first kappa shape index (κ1) is 21.1. The molecule has 34 heavy (non-hydrogen) atoms. The molecular weight excluding hydrogens is 438 g/mol. The SMILES string of the molecule is C[C@@H]1CCCC[C@@H]1n1c(O)c(C=c2ccc3c(c2)-c2ccccc2N=3)sc1=Nc1ccccc1. The number of rotatable bonds is 3. The lowest BCUT2D eigenvalue weighted by atomic mass is 9.86. The van der Waals surface area contributed by atoms with Crippen LogP contribution in [0.5, 0.6) is 5.88 Å². The van der Waals surface area contributed by atoms with Gasteiger partial charge in [-0.25, -0.2) is 9.98 Å². The highest BCUT2D eigenvalue weighted by molar-refractivity contribution is 7.10. The Bertz CT molecular complexity index is 1550. The van der Waals surface area contributed by atoms with E-state index in [1.165, 1.54) is 19.3 Å². The molecule has 2 heterocycles. The minimum atomic E-state index is 0.264. The van der Waals surface area contributed by atoms with E-state index in [-0.39, 0.29) is 6.04 Å². The van der Waals surface area contributed by atoms with Crippen LogP contribution in [0.4, 0.5) is 11.4 Å². The van der Waals surface area contributed by atoms with Crippen LogP contribution in [0.2, 0.25) is 0 Å². The van der Waals surface area contributed by atoms with Crippen LogP contribution < -0.4 is 15.4 Å². The predicted molar refractivity (Wildman–Crippen MR) is 138 cm³/mol. The lowest BCUT2D eigenvalue weighted by Crippen LogP contribution is -2.27. The van der Waals surface area contributed by atoms with Gasteiger partial charge in [0.05, 0.1) is 21.6 Å². The van der Waals surface area contributed by atoms with Crippen molar-refractivity contribution in [1.82, 2.24) is 4.57 Å². The molecule has 0 unspecified atom stereocenters. The maximum atomic E-state index is 11.4. The highest BCUT2D eigenvalue weighted by Crippen LogP contribution is 2.37. The van der Waals surface area contributed by atoms with E-state index in [1.54, 1.807) is 11.3 Å². The first-order valence-electron chi connectivity index (χ1n) is 12.0. The summed E-state index contributed by atoms with van der Waals surface area (Å²) in [4.78, 5) is 11.4. The summed E-state index contributed by atoms with van der Waals surface area (Å²) in [6.07, 6.45) is 6.79. The van der Waals surface area contributed by atoms with Gasteiger partial charge in [-0.3, -0.25) is 4.57 Å². The Morgan fingerprint density at radius 1 is 0.971 bits per heavy atom. The number of aromatic hydroxyl groups is 1. The Morgan fingerprint density at radius 2 is 1.76 bits per heavy atom. The molecule has 0 amide bonds. The van der Waals surface area contributed by atoms with E-state index in [9.17, 15) is 5.11 Å². The molecule has 4 nitrogen and oxygen atoms in total. The molecule has 4 aromatic rings. The molecule has 1 saturated carbocycles. The summed E-state index contributed by atoms with van der Waals surface area (Å²) in [5, 5.41) is 13.5. The van der Waals surface area contributed by atoms with Gasteiger partial charge in [0.25, 0.3) is 0 Å². The molecule has 0 saturated heterocycles. The summed E-state index contributed by atoms with van der Waals surface area (Å²) in [6.45, 7) is 2.30. The van der Waals surface area contributed by atoms with Crippen LogP contribution in [0.25, 0.3) is 17.2 Å². The van der Waals surface area contributed by atoms with E-state index in [0.717, 1.165) is 49.2 Å². The number of para-hydroxylation sites is 2. The predicted octanol–water partition coefficient (Wildman–Crippen LogP) is 6.00. The molecule has 3 aromatic carbocycles. The van der Waals surface area contributed by atoms with Gasteiger partial charge in [-0.2, -0.15) is 0 Å². The zero-order chi connectivity index (χ0) is 23.1. The molecular formula is C29H27N3OS. The van der Waals surface area contributed by atoms with Crippen LogP contribution in [0.1, 0.15) is 43.5 Å². The summed E-state index contributed by atoms with van der Waals surface area (Å²) in [7, 11) is 0. The van der Waals surface area contributed by atoms with Crippen LogP contribution in [0.3, 0.4) is 0 Å². The van der Waals surface area contributed by atoms with Gasteiger partial charge in [0.2, 0.25) is 5.88 Å². The molecule has 0 bridgehead atoms. The molecule has 1 N–H and O–H groups in total. The Kier molecular flexibility index (Phi) is 5.42. The molecule has 1 aliphatic carbocycles. The van der Waals surface area contributed by atoms with Crippen LogP contribution in [0, 0.1) is 5.92 Å². The van der Waals surface area contributed by atoms with Gasteiger partial charge in [-0.1, -0.05) is 73.6 Å². The summed E-state index contributed by atoms with van der Waals surface area (Å²) >= 11 is 1.56. The topological polar surface area (TPSA) is 49.9 Å². The van der Waals surface area contributed by atoms with Crippen molar-refractivity contribution in [1.29, 1.82) is 0 Å². The summed E-state index contributed by atoms with van der Waals surface area (Å²) in [5.41, 5.74) is 4.22. The number of thiazole rings is 1. The van der Waals surface area contributed by atoms with Crippen LogP contribution in [-0.2, 0) is 0 Å². The third-order valence-corrected chi connectivity index (χ3v) is 7.98. The van der Waals surface area contributed by atoms with Gasteiger partial charge in [-0.15, -0.1) is 0 Å². The quantitative estimate of drug-likeness (QED) is 0.349. The van der Waals surface area contributed by atoms with Gasteiger partial charge in [-0.05, 0) is 60.4 Å². The number of nitrogens with zero attached hydrogens (tertiary/aromatic N) is 3. The second-order valence-corrected chi connectivity index (χ2v) is 10.3. The average molecular weight is 466 g/mol. The van der Waals surface area contributed by atoms with Crippen molar-refractivity contribution in [2.24, 2.45) is 15.9 Å². The normalized spacial score (nSPS) is 20.1. The fourth-order valence-corrected chi connectivity index (χ4v) is 6.25. The lowest BCUT2D eigenvalue weighted by molar-refractivity contribution is 0.234. The molecule has 1 fully saturated rings. The van der Waals surface area contributed by atoms with E-state index >= 15 is 0 Å². The van der Waals surface area contributed by atoms with Crippen molar-refractivity contribution in [3.8, 4) is 17.0 Å². The highest BCUT2D eigenvalue weighted by Gasteiger charge is 2.27. The average Bonchev–Trinajstić information content (AvgIpc) is 3.37. The third kappa shape index (κ3) is 3.80. The maximum Gasteiger partial charge on any atom is 0.211 e. The lowest BCUT2D eigenvalue weighted by Gasteiger charge is -2.30. The zero-order valence-electron chi connectivity index (χ0n) is 19.2. The molecule has 2 aliphatic rings. The van der Waals surface area contributed by atoms with E-state index in [2.05, 4.69) is 54.0 Å². The van der Waals surface area contributed by atoms with Crippen LogP contribution in [-0.4, -0.2) is 9.67 Å². The van der Waals surface area contributed by atoms with E-state index in [0.29, 0.717) is 11.8 Å². The largest absolute Gasteiger partial charge is 0.493 e. The summed E-state index contributed by atoms with van der Waals surface area (Å²) < 4.78 is 2.09. The Balaban J connectivity index is 1.50. The van der Waals surface area contributed by atoms with Gasteiger partial charge in [0.15, 0.2) is 4.80 Å². The Labute approximate surface area is 202 Å². The summed E-state index contributed by atoms with van der Waals surface area (Å²) in [6, 6.07) is 24.8. The van der Waals surface area contributed by atoms with E-state index in [4.69, 9.17) is 9.98 Å². The van der Waals surface area contributed by atoms with Gasteiger partial charge < -0.3 is 5.11 Å². The molecule has 170 valence electrons. The monoisotopic (exact) mass is 465 g/mol. The third-order valence-electron chi connectivity index (χ3n) is 6.99. The van der Waals surface area contributed by atoms with Crippen molar-refractivity contribution in [3.05, 3.63) is 93.1 Å². The molecule has 5 heteroatoms. The number of fused-ring (bicyclic) bond motifs is 3. The van der Waals surface area contributed by atoms with Crippen molar-refractivity contribution in [2.75, 3.05) is 0 Å². The molecule has 0 spiro atoms. The molecule has 2 atom stereocenters. The Hall–Kier alpha value is -3.44. The second-order valence-electron chi connectivity index (χ2n) is 9.27. The first-order valence-corrected chi connectivity index (χ1v) is 12.8. The molecule has 6 rings (SSSR count). The number of hydrogen-bond donors (Lipinski definition) is 1.